The quantitative estimate of drug-likeness (QED) is 0.500. The maximum Gasteiger partial charge on any atom is 0.191 e. The zero-order valence-electron chi connectivity index (χ0n) is 15.7. The molecule has 0 amide bonds. The number of hydrogen-bond donors (Lipinski definition) is 2. The molecule has 6 heteroatoms. The van der Waals surface area contributed by atoms with E-state index in [0.29, 0.717) is 19.7 Å². The molecule has 0 bridgehead atoms. The fourth-order valence-corrected chi connectivity index (χ4v) is 2.70. The van der Waals surface area contributed by atoms with E-state index in [9.17, 15) is 0 Å². The van der Waals surface area contributed by atoms with Gasteiger partial charge < -0.3 is 15.4 Å². The molecule has 27 heavy (non-hydrogen) atoms. The van der Waals surface area contributed by atoms with E-state index in [1.807, 2.05) is 78.5 Å². The van der Waals surface area contributed by atoms with Crippen LogP contribution in [0.2, 0.25) is 0 Å². The van der Waals surface area contributed by atoms with Crippen LogP contribution in [0.4, 0.5) is 0 Å². The number of nitrogens with zero attached hydrogens (tertiary/aromatic N) is 3. The van der Waals surface area contributed by atoms with Crippen LogP contribution in [0.1, 0.15) is 18.2 Å². The number of aromatic nitrogens is 2. The zero-order chi connectivity index (χ0) is 18.9. The predicted octanol–water partition coefficient (Wildman–Crippen LogP) is 3.14. The molecule has 0 aliphatic rings. The van der Waals surface area contributed by atoms with Crippen molar-refractivity contribution in [3.05, 3.63) is 78.1 Å². The van der Waals surface area contributed by atoms with Crippen LogP contribution in [0, 0.1) is 0 Å². The number of hydrogen-bond acceptors (Lipinski definition) is 3. The molecule has 0 spiro atoms. The molecule has 2 N–H and O–H groups in total. The first-order valence-electron chi connectivity index (χ1n) is 9.05. The lowest BCUT2D eigenvalue weighted by Gasteiger charge is -2.13. The van der Waals surface area contributed by atoms with Crippen LogP contribution in [0.5, 0.6) is 5.75 Å². The molecule has 0 fully saturated rings. The lowest BCUT2D eigenvalue weighted by Crippen LogP contribution is -2.36. The molecule has 3 rings (SSSR count). The van der Waals surface area contributed by atoms with Gasteiger partial charge in [0.2, 0.25) is 0 Å². The molecular weight excluding hydrogens is 338 g/mol. The van der Waals surface area contributed by atoms with Gasteiger partial charge in [-0.1, -0.05) is 36.4 Å². The van der Waals surface area contributed by atoms with Crippen LogP contribution in [0.15, 0.2) is 71.9 Å². The third-order valence-corrected chi connectivity index (χ3v) is 4.04. The van der Waals surface area contributed by atoms with E-state index in [0.717, 1.165) is 28.7 Å². The van der Waals surface area contributed by atoms with Crippen LogP contribution in [0.25, 0.3) is 5.69 Å². The minimum atomic E-state index is 0.590. The summed E-state index contributed by atoms with van der Waals surface area (Å²) < 4.78 is 7.53. The maximum atomic E-state index is 5.66. The van der Waals surface area contributed by atoms with E-state index in [1.54, 1.807) is 7.05 Å². The Kier molecular flexibility index (Phi) is 6.46. The Morgan fingerprint density at radius 1 is 1.00 bits per heavy atom. The van der Waals surface area contributed by atoms with Gasteiger partial charge in [-0.15, -0.1) is 0 Å². The number of guanidine groups is 1. The van der Waals surface area contributed by atoms with Crippen LogP contribution >= 0.6 is 0 Å². The number of nitrogens with one attached hydrogen (secondary N) is 2. The summed E-state index contributed by atoms with van der Waals surface area (Å²) >= 11 is 0. The van der Waals surface area contributed by atoms with Gasteiger partial charge in [-0.3, -0.25) is 4.99 Å². The van der Waals surface area contributed by atoms with Gasteiger partial charge in [0.25, 0.3) is 0 Å². The van der Waals surface area contributed by atoms with Crippen molar-refractivity contribution < 1.29 is 4.74 Å². The van der Waals surface area contributed by atoms with Crippen molar-refractivity contribution >= 4 is 5.96 Å². The molecule has 0 aliphatic carbocycles. The maximum absolute atomic E-state index is 5.66. The second-order valence-electron chi connectivity index (χ2n) is 5.91. The van der Waals surface area contributed by atoms with Gasteiger partial charge >= 0.3 is 0 Å². The second-order valence-corrected chi connectivity index (χ2v) is 5.91. The third kappa shape index (κ3) is 5.10. The molecule has 6 nitrogen and oxygen atoms in total. The third-order valence-electron chi connectivity index (χ3n) is 4.04. The van der Waals surface area contributed by atoms with Crippen LogP contribution in [0.3, 0.4) is 0 Å². The molecule has 1 aromatic heterocycles. The highest BCUT2D eigenvalue weighted by Gasteiger charge is 2.05. The van der Waals surface area contributed by atoms with Crippen molar-refractivity contribution in [1.82, 2.24) is 20.4 Å². The van der Waals surface area contributed by atoms with Crippen molar-refractivity contribution in [3.63, 3.8) is 0 Å². The number of ether oxygens (including phenoxy) is 1. The van der Waals surface area contributed by atoms with Gasteiger partial charge in [-0.25, -0.2) is 4.68 Å². The molecule has 1 heterocycles. The summed E-state index contributed by atoms with van der Waals surface area (Å²) in [7, 11) is 1.76. The number of para-hydroxylation sites is 2. The van der Waals surface area contributed by atoms with E-state index in [4.69, 9.17) is 4.74 Å². The largest absolute Gasteiger partial charge is 0.494 e. The summed E-state index contributed by atoms with van der Waals surface area (Å²) in [5.41, 5.74) is 3.07. The highest BCUT2D eigenvalue weighted by molar-refractivity contribution is 5.79. The van der Waals surface area contributed by atoms with Gasteiger partial charge in [0.15, 0.2) is 5.96 Å². The summed E-state index contributed by atoms with van der Waals surface area (Å²) in [5.74, 6) is 1.61. The molecule has 2 aromatic carbocycles. The van der Waals surface area contributed by atoms with Crippen molar-refractivity contribution in [1.29, 1.82) is 0 Å². The average Bonchev–Trinajstić information content (AvgIpc) is 3.19. The van der Waals surface area contributed by atoms with E-state index in [2.05, 4.69) is 20.7 Å². The normalized spacial score (nSPS) is 11.3. The molecule has 0 saturated heterocycles. The Bertz CT molecular complexity index is 873. The van der Waals surface area contributed by atoms with Crippen LogP contribution in [-0.2, 0) is 13.1 Å². The smallest absolute Gasteiger partial charge is 0.191 e. The van der Waals surface area contributed by atoms with Crippen molar-refractivity contribution in [2.45, 2.75) is 20.0 Å². The highest BCUT2D eigenvalue weighted by atomic mass is 16.5. The van der Waals surface area contributed by atoms with Gasteiger partial charge in [0, 0.05) is 25.4 Å². The van der Waals surface area contributed by atoms with E-state index in [1.165, 1.54) is 0 Å². The standard InChI is InChI=1S/C21H25N5O/c1-3-27-20-12-8-7-9-17(20)15-23-21(22-2)24-16-18-13-14-26(25-18)19-10-5-4-6-11-19/h4-14H,3,15-16H2,1-2H3,(H2,22,23,24). The molecule has 3 aromatic rings. The Hall–Kier alpha value is -3.28. The predicted molar refractivity (Wildman–Crippen MR) is 108 cm³/mol. The lowest BCUT2D eigenvalue weighted by molar-refractivity contribution is 0.336. The van der Waals surface area contributed by atoms with Crippen molar-refractivity contribution in [2.75, 3.05) is 13.7 Å². The van der Waals surface area contributed by atoms with Gasteiger partial charge in [0.1, 0.15) is 5.75 Å². The Balaban J connectivity index is 1.55. The Labute approximate surface area is 159 Å². The Morgan fingerprint density at radius 2 is 1.74 bits per heavy atom. The molecule has 0 aliphatic heterocycles. The van der Waals surface area contributed by atoms with Crippen LogP contribution in [-0.4, -0.2) is 29.4 Å². The summed E-state index contributed by atoms with van der Waals surface area (Å²) in [6.07, 6.45) is 1.96. The first kappa shape index (κ1) is 18.5. The molecule has 140 valence electrons. The molecular formula is C21H25N5O. The van der Waals surface area contributed by atoms with E-state index in [-0.39, 0.29) is 0 Å². The topological polar surface area (TPSA) is 63.5 Å². The Morgan fingerprint density at radius 3 is 2.52 bits per heavy atom. The number of benzene rings is 2. The van der Waals surface area contributed by atoms with Crippen molar-refractivity contribution in [3.8, 4) is 11.4 Å². The first-order valence-corrected chi connectivity index (χ1v) is 9.05. The molecule has 0 unspecified atom stereocenters. The second kappa shape index (κ2) is 9.43. The van der Waals surface area contributed by atoms with Gasteiger partial charge in [0.05, 0.1) is 24.5 Å². The molecule has 0 radical (unpaired) electrons. The minimum Gasteiger partial charge on any atom is -0.494 e. The SMILES string of the molecule is CCOc1ccccc1CNC(=NC)NCc1ccn(-c2ccccc2)n1. The number of aliphatic imine (C=N–C) groups is 1. The zero-order valence-corrected chi connectivity index (χ0v) is 15.7. The first-order chi connectivity index (χ1) is 13.3. The monoisotopic (exact) mass is 363 g/mol. The van der Waals surface area contributed by atoms with Crippen molar-refractivity contribution in [2.24, 2.45) is 4.99 Å². The molecule has 0 saturated carbocycles. The summed E-state index contributed by atoms with van der Waals surface area (Å²) in [5, 5.41) is 11.2. The highest BCUT2D eigenvalue weighted by Crippen LogP contribution is 2.17. The van der Waals surface area contributed by atoms with Gasteiger partial charge in [-0.05, 0) is 31.2 Å². The average molecular weight is 363 g/mol. The fourth-order valence-electron chi connectivity index (χ4n) is 2.70. The summed E-state index contributed by atoms with van der Waals surface area (Å²) in [6.45, 7) is 3.86. The van der Waals surface area contributed by atoms with Gasteiger partial charge in [-0.2, -0.15) is 5.10 Å². The van der Waals surface area contributed by atoms with E-state index < -0.39 is 0 Å². The summed E-state index contributed by atoms with van der Waals surface area (Å²) in [4.78, 5) is 4.28. The minimum absolute atomic E-state index is 0.590. The molecule has 0 atom stereocenters. The van der Waals surface area contributed by atoms with Crippen LogP contribution < -0.4 is 15.4 Å². The lowest BCUT2D eigenvalue weighted by atomic mass is 10.2. The van der Waals surface area contributed by atoms with E-state index >= 15 is 0 Å². The summed E-state index contributed by atoms with van der Waals surface area (Å²) in [6, 6.07) is 20.1. The fraction of sp³-hybridized carbons (Fsp3) is 0.238. The number of rotatable bonds is 7.